The van der Waals surface area contributed by atoms with Gasteiger partial charge in [0.2, 0.25) is 0 Å². The van der Waals surface area contributed by atoms with Crippen LogP contribution in [0.2, 0.25) is 0 Å². The van der Waals surface area contributed by atoms with Crippen molar-refractivity contribution in [2.45, 2.75) is 0 Å². The summed E-state index contributed by atoms with van der Waals surface area (Å²) in [5.74, 6) is 0. The summed E-state index contributed by atoms with van der Waals surface area (Å²) in [4.78, 5) is 4.25. The van der Waals surface area contributed by atoms with Gasteiger partial charge in [0.15, 0.2) is 6.35 Å². The minimum Gasteiger partial charge on any atom is -1.00 e. The number of benzene rings is 4. The molecule has 1 radical (unpaired) electrons. The third-order valence-corrected chi connectivity index (χ3v) is 11.9. The van der Waals surface area contributed by atoms with Gasteiger partial charge in [-0.05, 0) is 58.9 Å². The number of hydrogen-bond donors (Lipinski definition) is 2. The summed E-state index contributed by atoms with van der Waals surface area (Å²) in [7, 11) is -0.415. The van der Waals surface area contributed by atoms with Crippen LogP contribution in [0, 0.1) is 0 Å². The van der Waals surface area contributed by atoms with Gasteiger partial charge in [-0.2, -0.15) is 10.2 Å². The molecule has 0 fully saturated rings. The van der Waals surface area contributed by atoms with Crippen molar-refractivity contribution < 1.29 is 38.8 Å². The van der Waals surface area contributed by atoms with Crippen molar-refractivity contribution in [1.29, 1.82) is 0 Å². The molecular formula is C37H35BrCuN7OPS2. The minimum absolute atomic E-state index is 0. The van der Waals surface area contributed by atoms with Gasteiger partial charge >= 0.3 is 17.1 Å². The first-order valence-electron chi connectivity index (χ1n) is 15.3. The number of pyridine rings is 1. The standard InChI is InChI=1S/C37H36N7OPS2.BrH.Cu/c1-38-36(47)43-42-35(30-17-14-24-39-27-30)34(29-15-6-2-7-16-29)41-44-37(48)40-25-26-45-28-46(31-18-8-3-9-19-31,32-20-10-4-11-21-32)33-22-12-5-13-23-33;;/h2-24,27H,25-26,28H2,1H3,(H3-,38,40,41,42,43,44,47,48);1H;/q;;+2/p-2. The molecule has 0 spiro atoms. The van der Waals surface area contributed by atoms with Crippen molar-refractivity contribution in [3.05, 3.63) is 157 Å². The first kappa shape index (κ1) is 40.6. The van der Waals surface area contributed by atoms with Crippen molar-refractivity contribution in [2.75, 3.05) is 26.5 Å². The van der Waals surface area contributed by atoms with Gasteiger partial charge < -0.3 is 57.6 Å². The van der Waals surface area contributed by atoms with Crippen molar-refractivity contribution in [3.63, 3.8) is 0 Å². The van der Waals surface area contributed by atoms with Gasteiger partial charge in [0.05, 0.1) is 6.61 Å². The van der Waals surface area contributed by atoms with E-state index in [2.05, 4.69) is 109 Å². The number of aromatic nitrogens is 1. The van der Waals surface area contributed by atoms with Crippen LogP contribution in [-0.2, 0) is 47.1 Å². The largest absolute Gasteiger partial charge is 2.00 e. The van der Waals surface area contributed by atoms with E-state index in [9.17, 15) is 0 Å². The maximum Gasteiger partial charge on any atom is 2.00 e. The molecule has 0 unspecified atom stereocenters. The van der Waals surface area contributed by atoms with E-state index in [-0.39, 0.29) is 44.4 Å². The van der Waals surface area contributed by atoms with E-state index in [0.29, 0.717) is 36.5 Å². The van der Waals surface area contributed by atoms with Crippen LogP contribution in [-0.4, -0.2) is 53.3 Å². The number of ether oxygens (including phenoxy) is 1. The average molecular weight is 832 g/mol. The van der Waals surface area contributed by atoms with Gasteiger partial charge in [-0.15, -0.1) is 10.2 Å². The minimum atomic E-state index is -2.10. The Hall–Kier alpha value is -3.86. The number of amidine groups is 2. The molecular weight excluding hydrogens is 797 g/mol. The van der Waals surface area contributed by atoms with Gasteiger partial charge in [0, 0.05) is 37.1 Å². The topological polar surface area (TPSA) is 95.6 Å². The van der Waals surface area contributed by atoms with Crippen LogP contribution >= 0.6 is 7.26 Å². The Labute approximate surface area is 326 Å². The molecule has 1 heterocycles. The molecule has 0 aliphatic carbocycles. The van der Waals surface area contributed by atoms with E-state index in [0.717, 1.165) is 5.56 Å². The maximum atomic E-state index is 6.46. The molecule has 13 heteroatoms. The average Bonchev–Trinajstić information content (AvgIpc) is 3.16. The van der Waals surface area contributed by atoms with Crippen molar-refractivity contribution in [1.82, 2.24) is 15.6 Å². The number of hydrogen-bond acceptors (Lipinski definition) is 8. The molecule has 2 N–H and O–H groups in total. The summed E-state index contributed by atoms with van der Waals surface area (Å²) in [5.41, 5.74) is 2.40. The second-order valence-corrected chi connectivity index (χ2v) is 14.5. The molecule has 0 atom stereocenters. The van der Waals surface area contributed by atoms with Crippen molar-refractivity contribution in [2.24, 2.45) is 20.4 Å². The van der Waals surface area contributed by atoms with Gasteiger partial charge in [-0.1, -0.05) is 84.9 Å². The third-order valence-electron chi connectivity index (χ3n) is 7.30. The molecule has 50 heavy (non-hydrogen) atoms. The van der Waals surface area contributed by atoms with Crippen LogP contribution < -0.4 is 43.5 Å². The Morgan fingerprint density at radius 1 is 0.640 bits per heavy atom. The van der Waals surface area contributed by atoms with E-state index in [1.54, 1.807) is 19.4 Å². The molecule has 1 aromatic heterocycles. The molecule has 259 valence electrons. The van der Waals surface area contributed by atoms with Gasteiger partial charge in [-0.25, -0.2) is 0 Å². The maximum absolute atomic E-state index is 6.46. The number of nitrogens with one attached hydrogen (secondary N) is 2. The molecule has 5 rings (SSSR count). The van der Waals surface area contributed by atoms with E-state index >= 15 is 0 Å². The predicted molar refractivity (Wildman–Crippen MR) is 206 cm³/mol. The van der Waals surface area contributed by atoms with E-state index in [1.807, 2.05) is 60.7 Å². The Morgan fingerprint density at radius 3 is 1.58 bits per heavy atom. The Morgan fingerprint density at radius 2 is 1.10 bits per heavy atom. The molecule has 0 saturated heterocycles. The van der Waals surface area contributed by atoms with Crippen molar-refractivity contribution >= 4 is 70.2 Å². The molecule has 8 nitrogen and oxygen atoms in total. The summed E-state index contributed by atoms with van der Waals surface area (Å²) in [6.07, 6.45) is 3.91. The van der Waals surface area contributed by atoms with Gasteiger partial charge in [0.1, 0.15) is 34.6 Å². The smallest absolute Gasteiger partial charge is 1.00 e. The number of halogens is 1. The fraction of sp³-hybridized carbons (Fsp3) is 0.108. The monoisotopic (exact) mass is 830 g/mol. The molecule has 0 aliphatic rings. The van der Waals surface area contributed by atoms with Crippen LogP contribution in [0.5, 0.6) is 0 Å². The Bertz CT molecular complexity index is 1760. The summed E-state index contributed by atoms with van der Waals surface area (Å²) >= 11 is 10.8. The van der Waals surface area contributed by atoms with E-state index < -0.39 is 7.26 Å². The first-order chi connectivity index (χ1) is 23.6. The Kier molecular flexibility index (Phi) is 17.3. The summed E-state index contributed by atoms with van der Waals surface area (Å²) in [5, 5.41) is 27.7. The number of rotatable bonds is 13. The fourth-order valence-corrected chi connectivity index (χ4v) is 8.98. The SMILES string of the molecule is CNC([S-])=NN=C(C(=NN=C([S-])NCCOC[P+](c1ccccc1)(c1ccccc1)c1ccccc1)c1ccccc1)c1cccnc1.[Br-].[Cu+2]. The fourth-order valence-electron chi connectivity index (χ4n) is 5.01. The van der Waals surface area contributed by atoms with E-state index in [4.69, 9.17) is 30.0 Å². The molecule has 0 saturated carbocycles. The van der Waals surface area contributed by atoms with Crippen LogP contribution in [0.25, 0.3) is 0 Å². The zero-order chi connectivity index (χ0) is 33.4. The molecule has 0 bridgehead atoms. The van der Waals surface area contributed by atoms with E-state index in [1.165, 1.54) is 15.9 Å². The van der Waals surface area contributed by atoms with Crippen LogP contribution in [0.15, 0.2) is 166 Å². The molecule has 5 aromatic rings. The van der Waals surface area contributed by atoms with Crippen LogP contribution in [0.1, 0.15) is 11.1 Å². The first-order valence-corrected chi connectivity index (χ1v) is 18.1. The predicted octanol–water partition coefficient (Wildman–Crippen LogP) is 1.77. The van der Waals surface area contributed by atoms with Gasteiger partial charge in [0.25, 0.3) is 0 Å². The second-order valence-electron chi connectivity index (χ2n) is 10.3. The zero-order valence-corrected chi connectivity index (χ0v) is 32.1. The molecule has 0 amide bonds. The second kappa shape index (κ2) is 21.4. The zero-order valence-electron chi connectivity index (χ0n) is 27.1. The molecule has 0 aliphatic heterocycles. The third kappa shape index (κ3) is 10.8. The van der Waals surface area contributed by atoms with Crippen LogP contribution in [0.3, 0.4) is 0 Å². The summed E-state index contributed by atoms with van der Waals surface area (Å²) in [6.45, 7) is 0.869. The van der Waals surface area contributed by atoms with Crippen molar-refractivity contribution in [3.8, 4) is 0 Å². The Balaban J connectivity index is 0.00000338. The normalized spacial score (nSPS) is 12.3. The number of nitrogens with zero attached hydrogens (tertiary/aromatic N) is 5. The van der Waals surface area contributed by atoms with Crippen LogP contribution in [0.4, 0.5) is 0 Å². The van der Waals surface area contributed by atoms with Gasteiger partial charge in [-0.3, -0.25) is 4.98 Å². The quantitative estimate of drug-likeness (QED) is 0.0358. The molecule has 4 aromatic carbocycles. The summed E-state index contributed by atoms with van der Waals surface area (Å²) < 4.78 is 6.46. The summed E-state index contributed by atoms with van der Waals surface area (Å²) in [6, 6.07) is 45.2.